The molecule has 0 aliphatic heterocycles. The summed E-state index contributed by atoms with van der Waals surface area (Å²) in [6, 6.07) is 7.35. The maximum atomic E-state index is 11.0. The van der Waals surface area contributed by atoms with E-state index in [1.807, 2.05) is 12.1 Å². The first kappa shape index (κ1) is 14.6. The van der Waals surface area contributed by atoms with Crippen molar-refractivity contribution in [2.75, 3.05) is 6.54 Å². The molecule has 1 atom stereocenters. The summed E-state index contributed by atoms with van der Waals surface area (Å²) in [5.74, 6) is 0. The number of likely N-dealkylation sites (N-methyl/N-ethyl adjacent to an activating group) is 1. The lowest BCUT2D eigenvalue weighted by Gasteiger charge is -2.17. The van der Waals surface area contributed by atoms with Crippen molar-refractivity contribution < 1.29 is 4.92 Å². The normalized spacial score (nSPS) is 12.3. The van der Waals surface area contributed by atoms with Crippen molar-refractivity contribution >= 4 is 5.69 Å². The molecule has 0 radical (unpaired) electrons. The fourth-order valence-corrected chi connectivity index (χ4v) is 2.14. The Balaban J connectivity index is 2.76. The summed E-state index contributed by atoms with van der Waals surface area (Å²) in [7, 11) is 0. The van der Waals surface area contributed by atoms with Crippen LogP contribution in [0.25, 0.3) is 0 Å². The van der Waals surface area contributed by atoms with Gasteiger partial charge in [-0.2, -0.15) is 0 Å². The highest BCUT2D eigenvalue weighted by Crippen LogP contribution is 2.20. The van der Waals surface area contributed by atoms with Gasteiger partial charge >= 0.3 is 0 Å². The second-order valence-electron chi connectivity index (χ2n) is 4.49. The Kier molecular flexibility index (Phi) is 6.36. The predicted molar refractivity (Wildman–Crippen MR) is 73.8 cm³/mol. The largest absolute Gasteiger partial charge is 0.314 e. The maximum absolute atomic E-state index is 11.0. The minimum atomic E-state index is -0.293. The van der Waals surface area contributed by atoms with Crippen LogP contribution in [0.5, 0.6) is 0 Å². The van der Waals surface area contributed by atoms with E-state index in [-0.39, 0.29) is 10.6 Å². The van der Waals surface area contributed by atoms with Crippen molar-refractivity contribution in [2.24, 2.45) is 0 Å². The topological polar surface area (TPSA) is 55.2 Å². The van der Waals surface area contributed by atoms with Crippen molar-refractivity contribution in [2.45, 2.75) is 45.6 Å². The smallest absolute Gasteiger partial charge is 0.272 e. The Labute approximate surface area is 109 Å². The van der Waals surface area contributed by atoms with Crippen molar-refractivity contribution in [1.82, 2.24) is 5.32 Å². The van der Waals surface area contributed by atoms with E-state index in [1.165, 1.54) is 0 Å². The van der Waals surface area contributed by atoms with Gasteiger partial charge in [0.15, 0.2) is 0 Å². The highest BCUT2D eigenvalue weighted by Gasteiger charge is 2.16. The lowest BCUT2D eigenvalue weighted by Crippen LogP contribution is -2.31. The Bertz CT molecular complexity index is 380. The van der Waals surface area contributed by atoms with E-state index in [1.54, 1.807) is 12.1 Å². The van der Waals surface area contributed by atoms with Crippen LogP contribution in [0, 0.1) is 10.1 Å². The average molecular weight is 250 g/mol. The van der Waals surface area contributed by atoms with Crippen molar-refractivity contribution in [3.8, 4) is 0 Å². The molecule has 0 aromatic heterocycles. The van der Waals surface area contributed by atoms with Gasteiger partial charge in [0.25, 0.3) is 5.69 Å². The van der Waals surface area contributed by atoms with Gasteiger partial charge in [-0.05, 0) is 19.4 Å². The molecule has 4 heteroatoms. The molecule has 4 nitrogen and oxygen atoms in total. The third-order valence-corrected chi connectivity index (χ3v) is 3.05. The molecular weight excluding hydrogens is 228 g/mol. The number of nitrogens with zero attached hydrogens (tertiary/aromatic N) is 1. The summed E-state index contributed by atoms with van der Waals surface area (Å²) in [5.41, 5.74) is 1.06. The molecule has 1 rings (SSSR count). The molecule has 0 saturated carbocycles. The molecule has 0 aliphatic rings. The minimum absolute atomic E-state index is 0.233. The number of para-hydroxylation sites is 1. The Hall–Kier alpha value is -1.42. The summed E-state index contributed by atoms with van der Waals surface area (Å²) in [5, 5.41) is 14.4. The van der Waals surface area contributed by atoms with Crippen molar-refractivity contribution in [3.05, 3.63) is 39.9 Å². The van der Waals surface area contributed by atoms with Crippen LogP contribution in [0.4, 0.5) is 5.69 Å². The number of nitro groups is 1. The zero-order chi connectivity index (χ0) is 13.4. The first-order chi connectivity index (χ1) is 8.69. The van der Waals surface area contributed by atoms with Crippen LogP contribution in [-0.2, 0) is 6.42 Å². The number of hydrogen-bond donors (Lipinski definition) is 1. The van der Waals surface area contributed by atoms with Gasteiger partial charge in [0, 0.05) is 17.7 Å². The SMILES string of the molecule is CCCCC(Cc1ccccc1[N+](=O)[O-])NCC. The molecular formula is C14H22N2O2. The molecule has 1 aromatic carbocycles. The number of benzene rings is 1. The lowest BCUT2D eigenvalue weighted by molar-refractivity contribution is -0.385. The second kappa shape index (κ2) is 7.82. The first-order valence-corrected chi connectivity index (χ1v) is 6.64. The molecule has 18 heavy (non-hydrogen) atoms. The molecule has 0 saturated heterocycles. The molecule has 1 unspecified atom stereocenters. The number of unbranched alkanes of at least 4 members (excludes halogenated alkanes) is 1. The van der Waals surface area contributed by atoms with E-state index in [0.29, 0.717) is 6.04 Å². The van der Waals surface area contributed by atoms with Gasteiger partial charge in [0.1, 0.15) is 0 Å². The third kappa shape index (κ3) is 4.45. The third-order valence-electron chi connectivity index (χ3n) is 3.05. The molecule has 100 valence electrons. The van der Waals surface area contributed by atoms with E-state index in [0.717, 1.165) is 37.8 Å². The maximum Gasteiger partial charge on any atom is 0.272 e. The number of rotatable bonds is 8. The van der Waals surface area contributed by atoms with E-state index < -0.39 is 0 Å². The van der Waals surface area contributed by atoms with E-state index >= 15 is 0 Å². The summed E-state index contributed by atoms with van der Waals surface area (Å²) < 4.78 is 0. The van der Waals surface area contributed by atoms with Crippen molar-refractivity contribution in [1.29, 1.82) is 0 Å². The molecule has 0 fully saturated rings. The minimum Gasteiger partial charge on any atom is -0.314 e. The number of nitro benzene ring substituents is 1. The van der Waals surface area contributed by atoms with Crippen LogP contribution in [0.2, 0.25) is 0 Å². The van der Waals surface area contributed by atoms with Crippen LogP contribution in [-0.4, -0.2) is 17.5 Å². The molecule has 0 bridgehead atoms. The summed E-state index contributed by atoms with van der Waals surface area (Å²) in [6.45, 7) is 5.13. The van der Waals surface area contributed by atoms with Crippen LogP contribution in [0.3, 0.4) is 0 Å². The highest BCUT2D eigenvalue weighted by molar-refractivity contribution is 5.40. The molecule has 0 heterocycles. The van der Waals surface area contributed by atoms with Gasteiger partial charge in [-0.25, -0.2) is 0 Å². The van der Waals surface area contributed by atoms with Crippen molar-refractivity contribution in [3.63, 3.8) is 0 Å². The van der Waals surface area contributed by atoms with Crippen LogP contribution < -0.4 is 5.32 Å². The van der Waals surface area contributed by atoms with Gasteiger partial charge in [-0.3, -0.25) is 10.1 Å². The molecule has 0 spiro atoms. The standard InChI is InChI=1S/C14H22N2O2/c1-3-5-9-13(15-4-2)11-12-8-6-7-10-14(12)16(17)18/h6-8,10,13,15H,3-5,9,11H2,1-2H3. The van der Waals surface area contributed by atoms with E-state index in [2.05, 4.69) is 19.2 Å². The van der Waals surface area contributed by atoms with Gasteiger partial charge in [0.2, 0.25) is 0 Å². The Morgan fingerprint density at radius 2 is 2.06 bits per heavy atom. The lowest BCUT2D eigenvalue weighted by atomic mass is 10.00. The fraction of sp³-hybridized carbons (Fsp3) is 0.571. The molecule has 0 aliphatic carbocycles. The van der Waals surface area contributed by atoms with Gasteiger partial charge in [-0.15, -0.1) is 0 Å². The highest BCUT2D eigenvalue weighted by atomic mass is 16.6. The van der Waals surface area contributed by atoms with E-state index in [4.69, 9.17) is 0 Å². The zero-order valence-electron chi connectivity index (χ0n) is 11.2. The predicted octanol–water partition coefficient (Wildman–Crippen LogP) is 3.31. The Morgan fingerprint density at radius 1 is 1.33 bits per heavy atom. The second-order valence-corrected chi connectivity index (χ2v) is 4.49. The van der Waals surface area contributed by atoms with Crippen LogP contribution >= 0.6 is 0 Å². The van der Waals surface area contributed by atoms with Gasteiger partial charge < -0.3 is 5.32 Å². The quantitative estimate of drug-likeness (QED) is 0.569. The van der Waals surface area contributed by atoms with Gasteiger partial charge in [-0.1, -0.05) is 44.9 Å². The number of nitrogens with one attached hydrogen (secondary N) is 1. The van der Waals surface area contributed by atoms with Crippen LogP contribution in [0.15, 0.2) is 24.3 Å². The summed E-state index contributed by atoms with van der Waals surface area (Å²) in [4.78, 5) is 10.7. The Morgan fingerprint density at radius 3 is 2.67 bits per heavy atom. The first-order valence-electron chi connectivity index (χ1n) is 6.64. The number of hydrogen-bond acceptors (Lipinski definition) is 3. The molecule has 0 amide bonds. The van der Waals surface area contributed by atoms with Gasteiger partial charge in [0.05, 0.1) is 4.92 Å². The van der Waals surface area contributed by atoms with E-state index in [9.17, 15) is 10.1 Å². The fourth-order valence-electron chi connectivity index (χ4n) is 2.14. The van der Waals surface area contributed by atoms with Crippen LogP contribution in [0.1, 0.15) is 38.7 Å². The zero-order valence-corrected chi connectivity index (χ0v) is 11.2. The molecule has 1 aromatic rings. The summed E-state index contributed by atoms with van der Waals surface area (Å²) >= 11 is 0. The monoisotopic (exact) mass is 250 g/mol. The molecule has 1 N–H and O–H groups in total. The average Bonchev–Trinajstić information content (AvgIpc) is 2.36. The summed E-state index contributed by atoms with van der Waals surface area (Å²) in [6.07, 6.45) is 4.10.